The Kier molecular flexibility index (Phi) is 3.87. The van der Waals surface area contributed by atoms with Crippen molar-refractivity contribution in [2.45, 2.75) is 6.54 Å². The van der Waals surface area contributed by atoms with Crippen molar-refractivity contribution in [2.24, 2.45) is 0 Å². The number of carbonyl (C=O) groups excluding carboxylic acids is 1. The lowest BCUT2D eigenvalue weighted by atomic mass is 10.1. The summed E-state index contributed by atoms with van der Waals surface area (Å²) in [5.74, 6) is 0.577. The average Bonchev–Trinajstić information content (AvgIpc) is 3.36. The molecule has 28 heavy (non-hydrogen) atoms. The van der Waals surface area contributed by atoms with Gasteiger partial charge in [-0.25, -0.2) is 4.98 Å². The number of furan rings is 1. The van der Waals surface area contributed by atoms with Crippen molar-refractivity contribution in [2.75, 3.05) is 0 Å². The molecule has 0 spiro atoms. The summed E-state index contributed by atoms with van der Waals surface area (Å²) in [6, 6.07) is 20.6. The Labute approximate surface area is 159 Å². The zero-order valence-electron chi connectivity index (χ0n) is 14.8. The number of benzene rings is 2. The van der Waals surface area contributed by atoms with E-state index >= 15 is 0 Å². The summed E-state index contributed by atoms with van der Waals surface area (Å²) < 4.78 is 11.3. The van der Waals surface area contributed by atoms with Crippen LogP contribution in [0.3, 0.4) is 0 Å². The van der Waals surface area contributed by atoms with Crippen molar-refractivity contribution >= 4 is 28.1 Å². The standard InChI is InChI=1S/C22H15N3O3/c26-21(19-12-16-4-1-2-5-17(16)27-19)24-13-14-7-9-15(10-8-14)22-25-20-18(28-22)6-3-11-23-20/h1-12H,13H2,(H,24,26). The second kappa shape index (κ2) is 6.66. The normalized spacial score (nSPS) is 11.1. The molecule has 0 bridgehead atoms. The van der Waals surface area contributed by atoms with Crippen molar-refractivity contribution in [3.05, 3.63) is 84.3 Å². The van der Waals surface area contributed by atoms with E-state index in [4.69, 9.17) is 8.83 Å². The minimum Gasteiger partial charge on any atom is -0.451 e. The van der Waals surface area contributed by atoms with Crippen LogP contribution in [0.5, 0.6) is 0 Å². The largest absolute Gasteiger partial charge is 0.451 e. The Morgan fingerprint density at radius 3 is 2.57 bits per heavy atom. The summed E-state index contributed by atoms with van der Waals surface area (Å²) in [6.07, 6.45) is 1.68. The van der Waals surface area contributed by atoms with Gasteiger partial charge in [-0.1, -0.05) is 30.3 Å². The van der Waals surface area contributed by atoms with E-state index in [1.165, 1.54) is 0 Å². The third kappa shape index (κ3) is 3.01. The number of para-hydroxylation sites is 1. The molecular weight excluding hydrogens is 354 g/mol. The lowest BCUT2D eigenvalue weighted by molar-refractivity contribution is 0.0925. The molecule has 0 aliphatic rings. The minimum absolute atomic E-state index is 0.245. The van der Waals surface area contributed by atoms with Crippen molar-refractivity contribution < 1.29 is 13.6 Å². The maximum absolute atomic E-state index is 12.3. The molecule has 5 rings (SSSR count). The predicted molar refractivity (Wildman–Crippen MR) is 105 cm³/mol. The number of aromatic nitrogens is 2. The summed E-state index contributed by atoms with van der Waals surface area (Å²) in [4.78, 5) is 20.9. The highest BCUT2D eigenvalue weighted by molar-refractivity contribution is 5.96. The maximum atomic E-state index is 12.3. The van der Waals surface area contributed by atoms with Crippen LogP contribution in [0.15, 0.2) is 81.8 Å². The molecule has 0 unspecified atom stereocenters. The highest BCUT2D eigenvalue weighted by Gasteiger charge is 2.12. The van der Waals surface area contributed by atoms with Gasteiger partial charge in [0.2, 0.25) is 5.89 Å². The van der Waals surface area contributed by atoms with Crippen LogP contribution in [0.4, 0.5) is 0 Å². The van der Waals surface area contributed by atoms with E-state index in [2.05, 4.69) is 15.3 Å². The molecule has 0 saturated carbocycles. The smallest absolute Gasteiger partial charge is 0.287 e. The summed E-state index contributed by atoms with van der Waals surface area (Å²) in [6.45, 7) is 0.394. The maximum Gasteiger partial charge on any atom is 0.287 e. The number of hydrogen-bond acceptors (Lipinski definition) is 5. The summed E-state index contributed by atoms with van der Waals surface area (Å²) in [5, 5.41) is 3.78. The number of rotatable bonds is 4. The van der Waals surface area contributed by atoms with Gasteiger partial charge in [-0.2, -0.15) is 4.98 Å². The van der Waals surface area contributed by atoms with Crippen molar-refractivity contribution in [3.8, 4) is 11.5 Å². The Balaban J connectivity index is 1.28. The van der Waals surface area contributed by atoms with E-state index in [-0.39, 0.29) is 5.91 Å². The minimum atomic E-state index is -0.245. The molecule has 2 aromatic carbocycles. The quantitative estimate of drug-likeness (QED) is 0.502. The first-order chi connectivity index (χ1) is 13.8. The first-order valence-corrected chi connectivity index (χ1v) is 8.84. The average molecular weight is 369 g/mol. The van der Waals surface area contributed by atoms with Gasteiger partial charge >= 0.3 is 0 Å². The van der Waals surface area contributed by atoms with Crippen molar-refractivity contribution in [1.82, 2.24) is 15.3 Å². The Hall–Kier alpha value is -3.93. The molecule has 1 amide bonds. The van der Waals surface area contributed by atoms with E-state index in [9.17, 15) is 4.79 Å². The Morgan fingerprint density at radius 2 is 1.75 bits per heavy atom. The van der Waals surface area contributed by atoms with Crippen molar-refractivity contribution in [3.63, 3.8) is 0 Å². The van der Waals surface area contributed by atoms with Gasteiger partial charge in [0, 0.05) is 23.7 Å². The number of amides is 1. The topological polar surface area (TPSA) is 81.2 Å². The predicted octanol–water partition coefficient (Wildman–Crippen LogP) is 4.57. The Morgan fingerprint density at radius 1 is 0.929 bits per heavy atom. The molecule has 0 aliphatic carbocycles. The number of nitrogens with zero attached hydrogens (tertiary/aromatic N) is 2. The van der Waals surface area contributed by atoms with Gasteiger partial charge in [-0.3, -0.25) is 4.79 Å². The van der Waals surface area contributed by atoms with E-state index in [1.54, 1.807) is 12.3 Å². The van der Waals surface area contributed by atoms with Crippen LogP contribution in [0.2, 0.25) is 0 Å². The van der Waals surface area contributed by atoms with E-state index < -0.39 is 0 Å². The summed E-state index contributed by atoms with van der Waals surface area (Å²) in [7, 11) is 0. The number of carbonyl (C=O) groups is 1. The summed E-state index contributed by atoms with van der Waals surface area (Å²) >= 11 is 0. The lowest BCUT2D eigenvalue weighted by Crippen LogP contribution is -2.22. The highest BCUT2D eigenvalue weighted by Crippen LogP contribution is 2.23. The van der Waals surface area contributed by atoms with Crippen LogP contribution in [0.25, 0.3) is 33.7 Å². The van der Waals surface area contributed by atoms with Crippen LogP contribution in [-0.4, -0.2) is 15.9 Å². The van der Waals surface area contributed by atoms with Crippen LogP contribution in [-0.2, 0) is 6.54 Å². The number of hydrogen-bond donors (Lipinski definition) is 1. The summed E-state index contributed by atoms with van der Waals surface area (Å²) in [5.41, 5.74) is 3.75. The van der Waals surface area contributed by atoms with E-state index in [1.807, 2.05) is 60.7 Å². The van der Waals surface area contributed by atoms with Crippen LogP contribution in [0, 0.1) is 0 Å². The van der Waals surface area contributed by atoms with E-state index in [0.717, 1.165) is 16.5 Å². The molecule has 6 nitrogen and oxygen atoms in total. The van der Waals surface area contributed by atoms with Crippen LogP contribution >= 0.6 is 0 Å². The molecule has 0 saturated heterocycles. The van der Waals surface area contributed by atoms with Gasteiger partial charge < -0.3 is 14.2 Å². The molecule has 0 fully saturated rings. The Bertz CT molecular complexity index is 1220. The van der Waals surface area contributed by atoms with Crippen LogP contribution in [0.1, 0.15) is 16.1 Å². The van der Waals surface area contributed by atoms with Crippen molar-refractivity contribution in [1.29, 1.82) is 0 Å². The molecule has 0 atom stereocenters. The molecule has 136 valence electrons. The fourth-order valence-electron chi connectivity index (χ4n) is 3.02. The fourth-order valence-corrected chi connectivity index (χ4v) is 3.02. The highest BCUT2D eigenvalue weighted by atomic mass is 16.4. The molecule has 0 aliphatic heterocycles. The number of fused-ring (bicyclic) bond motifs is 2. The molecule has 3 heterocycles. The third-order valence-electron chi connectivity index (χ3n) is 4.47. The molecule has 0 radical (unpaired) electrons. The second-order valence-electron chi connectivity index (χ2n) is 6.37. The van der Waals surface area contributed by atoms with Gasteiger partial charge in [-0.15, -0.1) is 0 Å². The van der Waals surface area contributed by atoms with E-state index in [0.29, 0.717) is 35.0 Å². The zero-order valence-corrected chi connectivity index (χ0v) is 14.8. The number of pyridine rings is 1. The number of nitrogens with one attached hydrogen (secondary N) is 1. The molecule has 6 heteroatoms. The zero-order chi connectivity index (χ0) is 18.9. The fraction of sp³-hybridized carbons (Fsp3) is 0.0455. The van der Waals surface area contributed by atoms with Gasteiger partial charge in [0.1, 0.15) is 5.58 Å². The monoisotopic (exact) mass is 369 g/mol. The lowest BCUT2D eigenvalue weighted by Gasteiger charge is -2.04. The molecule has 1 N–H and O–H groups in total. The van der Waals surface area contributed by atoms with Gasteiger partial charge in [0.25, 0.3) is 5.91 Å². The SMILES string of the molecule is O=C(NCc1ccc(-c2nc3ncccc3o2)cc1)c1cc2ccccc2o1. The molecule has 5 aromatic rings. The van der Waals surface area contributed by atoms with Gasteiger partial charge in [0.05, 0.1) is 0 Å². The number of oxazole rings is 1. The second-order valence-corrected chi connectivity index (χ2v) is 6.37. The third-order valence-corrected chi connectivity index (χ3v) is 4.47. The van der Waals surface area contributed by atoms with Crippen LogP contribution < -0.4 is 5.32 Å². The van der Waals surface area contributed by atoms with Gasteiger partial charge in [0.15, 0.2) is 17.0 Å². The first kappa shape index (κ1) is 16.3. The first-order valence-electron chi connectivity index (χ1n) is 8.84. The molecule has 3 aromatic heterocycles. The molecular formula is C22H15N3O3. The van der Waals surface area contributed by atoms with Gasteiger partial charge in [-0.05, 0) is 42.0 Å².